The monoisotopic (exact) mass is 324 g/mol. The van der Waals surface area contributed by atoms with E-state index in [2.05, 4.69) is 19.8 Å². The number of carbonyl (C=O) groups excluding carboxylic acids is 2. The Balaban J connectivity index is 1.76. The maximum atomic E-state index is 12.5. The summed E-state index contributed by atoms with van der Waals surface area (Å²) in [6.07, 6.45) is 15.1. The van der Waals surface area contributed by atoms with Gasteiger partial charge in [0.25, 0.3) is 0 Å². The van der Waals surface area contributed by atoms with E-state index in [4.69, 9.17) is 6.42 Å². The van der Waals surface area contributed by atoms with Crippen molar-refractivity contribution in [3.8, 4) is 12.3 Å². The van der Waals surface area contributed by atoms with Crippen molar-refractivity contribution in [3.63, 3.8) is 0 Å². The number of hydrogen-bond acceptors (Lipinski definition) is 2. The van der Waals surface area contributed by atoms with E-state index in [9.17, 15) is 9.59 Å². The van der Waals surface area contributed by atoms with Crippen molar-refractivity contribution in [1.82, 2.24) is 0 Å². The zero-order valence-electron chi connectivity index (χ0n) is 14.9. The second kappa shape index (κ2) is 5.32. The van der Waals surface area contributed by atoms with E-state index in [0.717, 1.165) is 44.9 Å². The van der Waals surface area contributed by atoms with Crippen LogP contribution >= 0.6 is 0 Å². The van der Waals surface area contributed by atoms with Crippen molar-refractivity contribution < 1.29 is 9.59 Å². The van der Waals surface area contributed by atoms with Gasteiger partial charge in [0.15, 0.2) is 5.78 Å². The van der Waals surface area contributed by atoms with E-state index in [1.165, 1.54) is 5.57 Å². The lowest BCUT2D eigenvalue weighted by Crippen LogP contribution is -2.52. The summed E-state index contributed by atoms with van der Waals surface area (Å²) in [6.45, 7) is 4.60. The second-order valence-corrected chi connectivity index (χ2v) is 9.12. The molecule has 0 N–H and O–H groups in total. The molecule has 24 heavy (non-hydrogen) atoms. The first-order chi connectivity index (χ1) is 11.4. The minimum Gasteiger partial charge on any atom is -0.299 e. The van der Waals surface area contributed by atoms with Crippen LogP contribution in [0.5, 0.6) is 0 Å². The van der Waals surface area contributed by atoms with E-state index in [1.54, 1.807) is 0 Å². The summed E-state index contributed by atoms with van der Waals surface area (Å²) in [7, 11) is 0. The minimum atomic E-state index is -0.0933. The van der Waals surface area contributed by atoms with Crippen molar-refractivity contribution in [2.75, 3.05) is 0 Å². The molecule has 4 rings (SSSR count). The fourth-order valence-corrected chi connectivity index (χ4v) is 6.89. The number of terminal acetylenes is 1. The highest BCUT2D eigenvalue weighted by atomic mass is 16.1. The molecule has 0 aromatic carbocycles. The van der Waals surface area contributed by atoms with Gasteiger partial charge in [0.2, 0.25) is 0 Å². The van der Waals surface area contributed by atoms with Crippen molar-refractivity contribution in [2.45, 2.75) is 65.2 Å². The molecule has 0 aliphatic heterocycles. The number of rotatable bonds is 1. The summed E-state index contributed by atoms with van der Waals surface area (Å²) in [5.41, 5.74) is 1.36. The predicted octanol–water partition coefficient (Wildman–Crippen LogP) is 4.34. The quantitative estimate of drug-likeness (QED) is 0.673. The first kappa shape index (κ1) is 16.1. The molecule has 6 atom stereocenters. The van der Waals surface area contributed by atoms with E-state index in [-0.39, 0.29) is 16.6 Å². The van der Waals surface area contributed by atoms with Crippen molar-refractivity contribution in [3.05, 3.63) is 11.6 Å². The maximum absolute atomic E-state index is 12.5. The van der Waals surface area contributed by atoms with Gasteiger partial charge in [-0.3, -0.25) is 9.59 Å². The summed E-state index contributed by atoms with van der Waals surface area (Å²) in [6, 6.07) is 0. The highest BCUT2D eigenvalue weighted by molar-refractivity contribution is 5.92. The average Bonchev–Trinajstić information content (AvgIpc) is 2.85. The van der Waals surface area contributed by atoms with Gasteiger partial charge in [-0.1, -0.05) is 19.4 Å². The Labute approximate surface area is 145 Å². The molecule has 2 nitrogen and oxygen atoms in total. The third-order valence-electron chi connectivity index (χ3n) is 8.19. The molecule has 0 bridgehead atoms. The van der Waals surface area contributed by atoms with Crippen LogP contribution in [0, 0.1) is 46.8 Å². The van der Waals surface area contributed by atoms with Crippen LogP contribution in [0.25, 0.3) is 0 Å². The number of allylic oxidation sites excluding steroid dienone is 1. The van der Waals surface area contributed by atoms with E-state index in [1.807, 2.05) is 6.08 Å². The molecule has 3 fully saturated rings. The molecule has 0 heterocycles. The molecule has 4 aliphatic carbocycles. The number of Topliss-reactive ketones (excluding diaryl/α,β-unsaturated/α-hetero) is 1. The van der Waals surface area contributed by atoms with Crippen LogP contribution in [-0.4, -0.2) is 11.6 Å². The Hall–Kier alpha value is -1.36. The van der Waals surface area contributed by atoms with Crippen molar-refractivity contribution in [2.24, 2.45) is 34.5 Å². The summed E-state index contributed by atoms with van der Waals surface area (Å²) < 4.78 is 0. The van der Waals surface area contributed by atoms with Gasteiger partial charge in [-0.2, -0.15) is 0 Å². The molecular weight excluding hydrogens is 296 g/mol. The Morgan fingerprint density at radius 2 is 1.88 bits per heavy atom. The first-order valence-electron chi connectivity index (χ1n) is 9.62. The van der Waals surface area contributed by atoms with Crippen LogP contribution in [0.4, 0.5) is 0 Å². The Morgan fingerprint density at radius 3 is 2.62 bits per heavy atom. The molecule has 4 aliphatic rings. The molecule has 0 radical (unpaired) electrons. The Kier molecular flexibility index (Phi) is 3.57. The molecule has 0 saturated heterocycles. The van der Waals surface area contributed by atoms with E-state index in [0.29, 0.717) is 35.9 Å². The van der Waals surface area contributed by atoms with Gasteiger partial charge in [-0.15, -0.1) is 12.3 Å². The minimum absolute atomic E-state index is 0.0933. The Morgan fingerprint density at radius 1 is 1.12 bits per heavy atom. The van der Waals surface area contributed by atoms with Gasteiger partial charge < -0.3 is 0 Å². The van der Waals surface area contributed by atoms with Crippen LogP contribution in [0.3, 0.4) is 0 Å². The smallest absolute Gasteiger partial charge is 0.155 e. The molecule has 3 saturated carbocycles. The fourth-order valence-electron chi connectivity index (χ4n) is 6.89. The standard InChI is InChI=1S/C22H28O2/c1-4-5-14-12-16-17-6-7-20(24)22(17,3)11-9-18(16)21(2)10-8-15(23)13-19(14)21/h1,13-14,16-18H,5-12H2,2-3H3. The van der Waals surface area contributed by atoms with Gasteiger partial charge in [0.1, 0.15) is 5.78 Å². The lowest BCUT2D eigenvalue weighted by atomic mass is 9.45. The lowest BCUT2D eigenvalue weighted by Gasteiger charge is -2.58. The largest absolute Gasteiger partial charge is 0.299 e. The number of carbonyl (C=O) groups is 2. The third-order valence-corrected chi connectivity index (χ3v) is 8.19. The van der Waals surface area contributed by atoms with Crippen molar-refractivity contribution >= 4 is 11.6 Å². The van der Waals surface area contributed by atoms with E-state index >= 15 is 0 Å². The predicted molar refractivity (Wildman–Crippen MR) is 94.0 cm³/mol. The topological polar surface area (TPSA) is 34.1 Å². The normalized spacial score (nSPS) is 47.3. The molecule has 0 spiro atoms. The van der Waals surface area contributed by atoms with Crippen LogP contribution in [0.2, 0.25) is 0 Å². The summed E-state index contributed by atoms with van der Waals surface area (Å²) in [5.74, 6) is 5.71. The zero-order chi connectivity index (χ0) is 17.1. The SMILES string of the molecule is C#CCC1CC2C3CCC(=O)C3(C)CCC2C2(C)CCC(=O)C=C12. The van der Waals surface area contributed by atoms with Crippen LogP contribution in [0.15, 0.2) is 11.6 Å². The lowest BCUT2D eigenvalue weighted by molar-refractivity contribution is -0.133. The van der Waals surface area contributed by atoms with Gasteiger partial charge in [0, 0.05) is 24.7 Å². The molecule has 6 unspecified atom stereocenters. The van der Waals surface area contributed by atoms with Crippen molar-refractivity contribution in [1.29, 1.82) is 0 Å². The summed E-state index contributed by atoms with van der Waals surface area (Å²) in [5, 5.41) is 0. The third kappa shape index (κ3) is 2.03. The van der Waals surface area contributed by atoms with Crippen LogP contribution in [-0.2, 0) is 9.59 Å². The van der Waals surface area contributed by atoms with Crippen LogP contribution < -0.4 is 0 Å². The number of fused-ring (bicyclic) bond motifs is 5. The average molecular weight is 324 g/mol. The number of hydrogen-bond donors (Lipinski definition) is 0. The number of ketones is 2. The molecular formula is C22H28O2. The first-order valence-corrected chi connectivity index (χ1v) is 9.62. The van der Waals surface area contributed by atoms with Gasteiger partial charge in [-0.25, -0.2) is 0 Å². The highest BCUT2D eigenvalue weighted by Gasteiger charge is 2.60. The Bertz CT molecular complexity index is 666. The summed E-state index contributed by atoms with van der Waals surface area (Å²) in [4.78, 5) is 24.6. The summed E-state index contributed by atoms with van der Waals surface area (Å²) >= 11 is 0. The molecule has 2 heteroatoms. The zero-order valence-corrected chi connectivity index (χ0v) is 14.9. The van der Waals surface area contributed by atoms with Gasteiger partial charge in [-0.05, 0) is 67.3 Å². The van der Waals surface area contributed by atoms with Gasteiger partial charge in [0.05, 0.1) is 0 Å². The van der Waals surface area contributed by atoms with E-state index < -0.39 is 0 Å². The molecule has 0 amide bonds. The second-order valence-electron chi connectivity index (χ2n) is 9.12. The highest BCUT2D eigenvalue weighted by Crippen LogP contribution is 2.65. The fraction of sp³-hybridized carbons (Fsp3) is 0.727. The molecule has 0 aromatic rings. The van der Waals surface area contributed by atoms with Gasteiger partial charge >= 0.3 is 0 Å². The maximum Gasteiger partial charge on any atom is 0.155 e. The van der Waals surface area contributed by atoms with Crippen LogP contribution in [0.1, 0.15) is 65.2 Å². The molecule has 128 valence electrons. The molecule has 0 aromatic heterocycles.